The summed E-state index contributed by atoms with van der Waals surface area (Å²) < 4.78 is 5.81. The van der Waals surface area contributed by atoms with Gasteiger partial charge in [-0.15, -0.1) is 6.42 Å². The van der Waals surface area contributed by atoms with Crippen LogP contribution in [0.1, 0.15) is 32.8 Å². The van der Waals surface area contributed by atoms with E-state index in [9.17, 15) is 4.79 Å². The zero-order valence-electron chi connectivity index (χ0n) is 14.3. The molecule has 2 atom stereocenters. The van der Waals surface area contributed by atoms with Crippen molar-refractivity contribution >= 4 is 22.9 Å². The number of hydrogen-bond acceptors (Lipinski definition) is 2. The van der Waals surface area contributed by atoms with E-state index >= 15 is 0 Å². The Kier molecular flexibility index (Phi) is 8.31. The van der Waals surface area contributed by atoms with E-state index in [0.29, 0.717) is 0 Å². The summed E-state index contributed by atoms with van der Waals surface area (Å²) >= 11 is 0. The molecule has 1 aromatic carbocycles. The summed E-state index contributed by atoms with van der Waals surface area (Å²) in [6.45, 7) is 9.45. The molecule has 132 valence electrons. The molecule has 0 radical (unpaired) electrons. The maximum atomic E-state index is 12.4. The van der Waals surface area contributed by atoms with E-state index in [1.54, 1.807) is 0 Å². The van der Waals surface area contributed by atoms with Gasteiger partial charge in [-0.05, 0) is 49.4 Å². The molecule has 2 unspecified atom stereocenters. The molecular formula is C20H24AuO2S+. The van der Waals surface area contributed by atoms with Crippen LogP contribution in [0.15, 0.2) is 54.2 Å². The van der Waals surface area contributed by atoms with Gasteiger partial charge in [0, 0.05) is 0 Å². The minimum absolute atomic E-state index is 0. The Bertz CT molecular complexity index is 614. The predicted molar refractivity (Wildman–Crippen MR) is 98.6 cm³/mol. The maximum Gasteiger partial charge on any atom is 1.00 e. The van der Waals surface area contributed by atoms with Crippen molar-refractivity contribution < 1.29 is 31.9 Å². The molecule has 0 aromatic heterocycles. The summed E-state index contributed by atoms with van der Waals surface area (Å²) in [5.74, 6) is 1.42. The molecule has 0 bridgehead atoms. The number of allylic oxidation sites excluding steroid dienone is 1. The van der Waals surface area contributed by atoms with Crippen molar-refractivity contribution in [1.82, 2.24) is 0 Å². The monoisotopic (exact) mass is 525 g/mol. The Morgan fingerprint density at radius 1 is 1.38 bits per heavy atom. The van der Waals surface area contributed by atoms with Crippen LogP contribution in [-0.4, -0.2) is 17.0 Å². The summed E-state index contributed by atoms with van der Waals surface area (Å²) in [4.78, 5) is 12.4. The van der Waals surface area contributed by atoms with Gasteiger partial charge in [0.25, 0.3) is 0 Å². The molecule has 0 amide bonds. The van der Waals surface area contributed by atoms with Crippen LogP contribution in [0.3, 0.4) is 0 Å². The minimum Gasteiger partial charge on any atom is -0.440 e. The first-order valence-corrected chi connectivity index (χ1v) is 9.29. The van der Waals surface area contributed by atoms with Crippen molar-refractivity contribution in [2.24, 2.45) is 5.41 Å². The van der Waals surface area contributed by atoms with Crippen molar-refractivity contribution in [3.05, 3.63) is 65.8 Å². The van der Waals surface area contributed by atoms with Crippen molar-refractivity contribution in [2.75, 3.05) is 5.75 Å². The van der Waals surface area contributed by atoms with Gasteiger partial charge in [0.1, 0.15) is 5.75 Å². The maximum absolute atomic E-state index is 12.4. The molecule has 1 heterocycles. The van der Waals surface area contributed by atoms with E-state index in [2.05, 4.69) is 18.1 Å². The number of ether oxygens (including phenoxy) is 1. The van der Waals surface area contributed by atoms with E-state index in [0.717, 1.165) is 23.5 Å². The van der Waals surface area contributed by atoms with Crippen LogP contribution in [0.4, 0.5) is 0 Å². The molecule has 0 saturated heterocycles. The first-order valence-electron chi connectivity index (χ1n) is 7.77. The van der Waals surface area contributed by atoms with Crippen molar-refractivity contribution in [3.63, 3.8) is 0 Å². The second-order valence-corrected chi connectivity index (χ2v) is 8.61. The Labute approximate surface area is 163 Å². The van der Waals surface area contributed by atoms with Crippen LogP contribution in [0.2, 0.25) is 0 Å². The van der Waals surface area contributed by atoms with E-state index in [-0.39, 0.29) is 44.5 Å². The SMILES string of the molecule is C=CC[S+]1C=[C-]CC1/C(=C/c1ccccc1)OC(=O)C(C)(C)C.[Au+]. The van der Waals surface area contributed by atoms with Gasteiger partial charge in [-0.1, -0.05) is 42.3 Å². The summed E-state index contributed by atoms with van der Waals surface area (Å²) in [5, 5.41) is 2.27. The molecule has 4 heteroatoms. The number of benzene rings is 1. The number of carbonyl (C=O) groups excluding carboxylic acids is 1. The van der Waals surface area contributed by atoms with Gasteiger partial charge >= 0.3 is 28.3 Å². The van der Waals surface area contributed by atoms with Crippen LogP contribution in [0.25, 0.3) is 6.08 Å². The second kappa shape index (κ2) is 9.47. The molecule has 1 aromatic rings. The van der Waals surface area contributed by atoms with Gasteiger partial charge in [-0.2, -0.15) is 0 Å². The van der Waals surface area contributed by atoms with E-state index in [4.69, 9.17) is 4.74 Å². The number of hydrogen-bond donors (Lipinski definition) is 0. The topological polar surface area (TPSA) is 26.3 Å². The van der Waals surface area contributed by atoms with Crippen molar-refractivity contribution in [1.29, 1.82) is 0 Å². The van der Waals surface area contributed by atoms with E-state index in [1.807, 2.05) is 63.3 Å². The van der Waals surface area contributed by atoms with Gasteiger partial charge in [0.05, 0.1) is 5.41 Å². The number of carbonyl (C=O) groups is 1. The van der Waals surface area contributed by atoms with Crippen LogP contribution in [0.5, 0.6) is 0 Å². The van der Waals surface area contributed by atoms with Crippen molar-refractivity contribution in [2.45, 2.75) is 32.4 Å². The molecule has 0 N–H and O–H groups in total. The molecule has 1 aliphatic rings. The summed E-state index contributed by atoms with van der Waals surface area (Å²) in [7, 11) is -0.0117. The average Bonchev–Trinajstić information content (AvgIpc) is 2.95. The smallest absolute Gasteiger partial charge is 0.440 e. The first kappa shape index (κ1) is 21.0. The molecule has 2 nitrogen and oxygen atoms in total. The third-order valence-corrected chi connectivity index (χ3v) is 5.68. The van der Waals surface area contributed by atoms with Gasteiger partial charge in [-0.25, -0.2) is 0 Å². The fourth-order valence-electron chi connectivity index (χ4n) is 2.16. The number of esters is 1. The largest absolute Gasteiger partial charge is 1.00 e. The van der Waals surface area contributed by atoms with E-state index in [1.165, 1.54) is 0 Å². The summed E-state index contributed by atoms with van der Waals surface area (Å²) in [6.07, 6.45) is 7.98. The van der Waals surface area contributed by atoms with Crippen LogP contribution >= 0.6 is 0 Å². The Balaban J connectivity index is 0.00000288. The predicted octanol–water partition coefficient (Wildman–Crippen LogP) is 4.51. The van der Waals surface area contributed by atoms with E-state index < -0.39 is 5.41 Å². The first-order chi connectivity index (χ1) is 10.9. The number of rotatable bonds is 5. The fraction of sp³-hybridized carbons (Fsp3) is 0.350. The molecule has 0 aliphatic carbocycles. The second-order valence-electron chi connectivity index (χ2n) is 6.54. The Morgan fingerprint density at radius 3 is 2.62 bits per heavy atom. The zero-order chi connectivity index (χ0) is 16.9. The van der Waals surface area contributed by atoms with Crippen LogP contribution in [0, 0.1) is 11.5 Å². The third kappa shape index (κ3) is 5.82. The fourth-order valence-corrected chi connectivity index (χ4v) is 3.96. The Hall–Kier alpha value is -1.000. The molecule has 0 spiro atoms. The Morgan fingerprint density at radius 2 is 2.04 bits per heavy atom. The minimum atomic E-state index is -0.525. The molecule has 2 rings (SSSR count). The standard InChI is InChI=1S/C20H24O2S.Au/c1-5-13-23-14-9-12-18(23)17(22-19(21)20(2,3)4)15-16-10-7-6-8-11-16;/h5-8,10-11,14-15,18H,1,12-13H2,2-4H3;/q;+1/b17-15-;. The molecule has 0 saturated carbocycles. The summed E-state index contributed by atoms with van der Waals surface area (Å²) in [6, 6.07) is 9.98. The third-order valence-electron chi connectivity index (χ3n) is 3.46. The normalized spacial score (nSPS) is 20.4. The van der Waals surface area contributed by atoms with Crippen molar-refractivity contribution in [3.8, 4) is 0 Å². The van der Waals surface area contributed by atoms with Crippen LogP contribution in [-0.2, 0) is 42.8 Å². The molecular weight excluding hydrogens is 501 g/mol. The molecule has 1 aliphatic heterocycles. The molecule has 0 fully saturated rings. The summed E-state index contributed by atoms with van der Waals surface area (Å²) in [5.41, 5.74) is 0.515. The average molecular weight is 525 g/mol. The molecule has 24 heavy (non-hydrogen) atoms. The van der Waals surface area contributed by atoms with Gasteiger partial charge < -0.3 is 10.8 Å². The van der Waals surface area contributed by atoms with Gasteiger partial charge in [0.2, 0.25) is 0 Å². The zero-order valence-corrected chi connectivity index (χ0v) is 17.3. The van der Waals surface area contributed by atoms with Crippen LogP contribution < -0.4 is 0 Å². The quantitative estimate of drug-likeness (QED) is 0.141. The van der Waals surface area contributed by atoms with Gasteiger partial charge in [0.15, 0.2) is 11.0 Å². The van der Waals surface area contributed by atoms with Gasteiger partial charge in [-0.3, -0.25) is 4.79 Å².